The van der Waals surface area contributed by atoms with Crippen LogP contribution in [-0.2, 0) is 0 Å². The van der Waals surface area contributed by atoms with E-state index < -0.39 is 5.91 Å². The Kier molecular flexibility index (Phi) is 4.81. The quantitative estimate of drug-likeness (QED) is 0.747. The van der Waals surface area contributed by atoms with E-state index in [4.69, 9.17) is 5.73 Å². The number of primary amides is 1. The molecule has 2 aromatic carbocycles. The molecule has 1 aromatic heterocycles. The molecule has 1 saturated heterocycles. The third kappa shape index (κ3) is 3.53. The molecule has 0 bridgehead atoms. The van der Waals surface area contributed by atoms with Crippen LogP contribution in [0.15, 0.2) is 42.5 Å². The van der Waals surface area contributed by atoms with Crippen LogP contribution >= 0.6 is 0 Å². The van der Waals surface area contributed by atoms with Gasteiger partial charge in [-0.1, -0.05) is 13.0 Å². The van der Waals surface area contributed by atoms with Gasteiger partial charge in [-0.05, 0) is 55.9 Å². The summed E-state index contributed by atoms with van der Waals surface area (Å²) < 4.78 is 0. The number of nitrogens with zero attached hydrogens (tertiary/aromatic N) is 3. The molecule has 27 heavy (non-hydrogen) atoms. The van der Waals surface area contributed by atoms with Gasteiger partial charge in [-0.3, -0.25) is 4.79 Å². The Morgan fingerprint density at radius 1 is 1.11 bits per heavy atom. The molecule has 0 radical (unpaired) electrons. The minimum Gasteiger partial charge on any atom is -0.370 e. The first kappa shape index (κ1) is 17.5. The predicted molar refractivity (Wildman–Crippen MR) is 109 cm³/mol. The lowest BCUT2D eigenvalue weighted by Gasteiger charge is -2.23. The van der Waals surface area contributed by atoms with Crippen LogP contribution in [0.1, 0.15) is 23.7 Å². The number of hydrogen-bond donors (Lipinski definition) is 2. The Balaban J connectivity index is 1.58. The van der Waals surface area contributed by atoms with E-state index in [0.29, 0.717) is 11.1 Å². The number of amides is 1. The number of carbonyl (C=O) groups is 1. The number of H-pyrrole nitrogens is 1. The number of benzene rings is 2. The summed E-state index contributed by atoms with van der Waals surface area (Å²) in [4.78, 5) is 24.5. The summed E-state index contributed by atoms with van der Waals surface area (Å²) >= 11 is 0. The van der Waals surface area contributed by atoms with Crippen molar-refractivity contribution in [3.8, 4) is 11.4 Å². The van der Waals surface area contributed by atoms with Gasteiger partial charge >= 0.3 is 0 Å². The highest BCUT2D eigenvalue weighted by Gasteiger charge is 2.15. The number of nitrogens with two attached hydrogens (primary N) is 1. The van der Waals surface area contributed by atoms with Crippen molar-refractivity contribution in [2.75, 3.05) is 37.6 Å². The van der Waals surface area contributed by atoms with Crippen molar-refractivity contribution in [2.24, 2.45) is 5.73 Å². The highest BCUT2D eigenvalue weighted by Crippen LogP contribution is 2.25. The molecule has 3 aromatic rings. The van der Waals surface area contributed by atoms with Crippen molar-refractivity contribution in [3.63, 3.8) is 0 Å². The summed E-state index contributed by atoms with van der Waals surface area (Å²) in [7, 11) is 0. The van der Waals surface area contributed by atoms with E-state index >= 15 is 0 Å². The normalized spacial score (nSPS) is 15.8. The Hall–Kier alpha value is -2.86. The van der Waals surface area contributed by atoms with E-state index in [-0.39, 0.29) is 0 Å². The molecule has 0 saturated carbocycles. The maximum Gasteiger partial charge on any atom is 0.250 e. The molecular formula is C21H25N5O. The van der Waals surface area contributed by atoms with Crippen LogP contribution in [0.25, 0.3) is 22.4 Å². The number of likely N-dealkylation sites (N-methyl/N-ethyl adjacent to an activating group) is 1. The zero-order chi connectivity index (χ0) is 18.8. The first-order chi connectivity index (χ1) is 13.2. The van der Waals surface area contributed by atoms with Crippen LogP contribution < -0.4 is 10.6 Å². The molecule has 4 rings (SSSR count). The van der Waals surface area contributed by atoms with Crippen molar-refractivity contribution in [2.45, 2.75) is 13.3 Å². The molecule has 2 heterocycles. The number of anilines is 1. The maximum atomic E-state index is 11.6. The molecule has 3 N–H and O–H groups in total. The van der Waals surface area contributed by atoms with Crippen LogP contribution in [0.4, 0.5) is 5.69 Å². The molecular weight excluding hydrogens is 338 g/mol. The van der Waals surface area contributed by atoms with E-state index in [9.17, 15) is 4.79 Å². The smallest absolute Gasteiger partial charge is 0.250 e. The second-order valence-electron chi connectivity index (χ2n) is 6.97. The van der Waals surface area contributed by atoms with Gasteiger partial charge < -0.3 is 20.5 Å². The van der Waals surface area contributed by atoms with Crippen LogP contribution in [0.5, 0.6) is 0 Å². The highest BCUT2D eigenvalue weighted by atomic mass is 16.1. The fourth-order valence-electron chi connectivity index (χ4n) is 3.74. The van der Waals surface area contributed by atoms with Crippen molar-refractivity contribution in [1.29, 1.82) is 0 Å². The second-order valence-corrected chi connectivity index (χ2v) is 6.97. The Morgan fingerprint density at radius 2 is 1.93 bits per heavy atom. The largest absolute Gasteiger partial charge is 0.370 e. The van der Waals surface area contributed by atoms with Gasteiger partial charge in [-0.15, -0.1) is 0 Å². The number of aromatic nitrogens is 2. The third-order valence-electron chi connectivity index (χ3n) is 5.32. The molecule has 140 valence electrons. The lowest BCUT2D eigenvalue weighted by molar-refractivity contribution is 0.100. The van der Waals surface area contributed by atoms with Gasteiger partial charge in [-0.2, -0.15) is 0 Å². The molecule has 6 nitrogen and oxygen atoms in total. The fraction of sp³-hybridized carbons (Fsp3) is 0.333. The number of aromatic amines is 1. The summed E-state index contributed by atoms with van der Waals surface area (Å²) in [5.74, 6) is 0.287. The van der Waals surface area contributed by atoms with E-state index in [1.54, 1.807) is 6.07 Å². The molecule has 1 fully saturated rings. The lowest BCUT2D eigenvalue weighted by Crippen LogP contribution is -2.30. The van der Waals surface area contributed by atoms with Gasteiger partial charge in [0.25, 0.3) is 5.91 Å². The van der Waals surface area contributed by atoms with Gasteiger partial charge in [0, 0.05) is 30.9 Å². The van der Waals surface area contributed by atoms with Crippen LogP contribution in [0.3, 0.4) is 0 Å². The average molecular weight is 363 g/mol. The summed E-state index contributed by atoms with van der Waals surface area (Å²) in [6.45, 7) is 7.76. The van der Waals surface area contributed by atoms with E-state index in [1.807, 2.05) is 12.1 Å². The van der Waals surface area contributed by atoms with Crippen LogP contribution in [0, 0.1) is 0 Å². The first-order valence-electron chi connectivity index (χ1n) is 9.52. The van der Waals surface area contributed by atoms with Crippen molar-refractivity contribution >= 4 is 22.6 Å². The predicted octanol–water partition coefficient (Wildman–Crippen LogP) is 2.86. The molecule has 1 aliphatic heterocycles. The zero-order valence-corrected chi connectivity index (χ0v) is 15.6. The lowest BCUT2D eigenvalue weighted by atomic mass is 10.2. The SMILES string of the molecule is CCN1CCCN(c2ccc(-c3nc4c(C(N)=O)cccc4[nH]3)cc2)CC1. The molecule has 6 heteroatoms. The maximum absolute atomic E-state index is 11.6. The monoisotopic (exact) mass is 363 g/mol. The number of nitrogens with one attached hydrogen (secondary N) is 1. The van der Waals surface area contributed by atoms with Gasteiger partial charge in [0.15, 0.2) is 0 Å². The van der Waals surface area contributed by atoms with Gasteiger partial charge in [0.1, 0.15) is 11.3 Å². The van der Waals surface area contributed by atoms with E-state index in [2.05, 4.69) is 51.0 Å². The molecule has 0 atom stereocenters. The standard InChI is InChI=1S/C21H25N5O/c1-2-25-11-4-12-26(14-13-25)16-9-7-15(8-10-16)21-23-18-6-3-5-17(20(22)27)19(18)24-21/h3,5-10H,2,4,11-14H2,1H3,(H2,22,27)(H,23,24). The Morgan fingerprint density at radius 3 is 2.67 bits per heavy atom. The zero-order valence-electron chi connectivity index (χ0n) is 15.6. The number of imidazole rings is 1. The Bertz CT molecular complexity index is 947. The van der Waals surface area contributed by atoms with E-state index in [0.717, 1.165) is 43.1 Å². The average Bonchev–Trinajstić information content (AvgIpc) is 2.98. The number of fused-ring (bicyclic) bond motifs is 1. The summed E-state index contributed by atoms with van der Waals surface area (Å²) in [6, 6.07) is 13.9. The second kappa shape index (κ2) is 7.40. The number of carbonyl (C=O) groups excluding carboxylic acids is 1. The van der Waals surface area contributed by atoms with Crippen LogP contribution in [0.2, 0.25) is 0 Å². The third-order valence-corrected chi connectivity index (χ3v) is 5.32. The van der Waals surface area contributed by atoms with E-state index in [1.165, 1.54) is 18.7 Å². The number of hydrogen-bond acceptors (Lipinski definition) is 4. The molecule has 1 aliphatic rings. The van der Waals surface area contributed by atoms with Crippen molar-refractivity contribution in [3.05, 3.63) is 48.0 Å². The first-order valence-corrected chi connectivity index (χ1v) is 9.52. The summed E-state index contributed by atoms with van der Waals surface area (Å²) in [5, 5.41) is 0. The molecule has 0 aliphatic carbocycles. The number of rotatable bonds is 4. The van der Waals surface area contributed by atoms with Crippen LogP contribution in [-0.4, -0.2) is 53.5 Å². The molecule has 0 unspecified atom stereocenters. The Labute approximate surface area is 159 Å². The summed E-state index contributed by atoms with van der Waals surface area (Å²) in [5.41, 5.74) is 9.58. The highest BCUT2D eigenvalue weighted by molar-refractivity contribution is 6.04. The molecule has 0 spiro atoms. The van der Waals surface area contributed by atoms with Gasteiger partial charge in [0.2, 0.25) is 0 Å². The summed E-state index contributed by atoms with van der Waals surface area (Å²) in [6.07, 6.45) is 1.19. The minimum absolute atomic E-state index is 0.441. The van der Waals surface area contributed by atoms with Gasteiger partial charge in [0.05, 0.1) is 11.1 Å². The van der Waals surface area contributed by atoms with Crippen molar-refractivity contribution < 1.29 is 4.79 Å². The topological polar surface area (TPSA) is 78.2 Å². The van der Waals surface area contributed by atoms with Crippen molar-refractivity contribution in [1.82, 2.24) is 14.9 Å². The number of para-hydroxylation sites is 1. The molecule has 1 amide bonds. The minimum atomic E-state index is -0.462. The fourth-order valence-corrected chi connectivity index (χ4v) is 3.74. The van der Waals surface area contributed by atoms with Gasteiger partial charge in [-0.25, -0.2) is 4.98 Å².